The number of ether oxygens (including phenoxy) is 2. The van der Waals surface area contributed by atoms with Crippen molar-refractivity contribution in [3.8, 4) is 11.5 Å². The van der Waals surface area contributed by atoms with Crippen LogP contribution in [0.4, 0.5) is 20.0 Å². The van der Waals surface area contributed by atoms with Gasteiger partial charge in [0.1, 0.15) is 28.5 Å². The Kier molecular flexibility index (Phi) is 7.01. The maximum atomic E-state index is 14.8. The van der Waals surface area contributed by atoms with Crippen LogP contribution in [0, 0.1) is 5.82 Å². The first-order valence-electron chi connectivity index (χ1n) is 8.66. The minimum Gasteiger partial charge on any atom is -0.497 e. The van der Waals surface area contributed by atoms with Gasteiger partial charge in [0, 0.05) is 29.2 Å². The van der Waals surface area contributed by atoms with E-state index in [2.05, 4.69) is 9.36 Å². The predicted molar refractivity (Wildman–Crippen MR) is 116 cm³/mol. The van der Waals surface area contributed by atoms with Crippen LogP contribution in [0.3, 0.4) is 0 Å². The Morgan fingerprint density at radius 1 is 1.28 bits per heavy atom. The van der Waals surface area contributed by atoms with Gasteiger partial charge in [0.2, 0.25) is 5.13 Å². The van der Waals surface area contributed by atoms with E-state index in [4.69, 9.17) is 26.2 Å². The van der Waals surface area contributed by atoms with Gasteiger partial charge in [0.15, 0.2) is 0 Å². The number of nitrogens with one attached hydrogen (secondary N) is 1. The lowest BCUT2D eigenvalue weighted by Gasteiger charge is -2.23. The van der Waals surface area contributed by atoms with Gasteiger partial charge in [-0.1, -0.05) is 11.6 Å². The molecule has 3 aromatic rings. The number of carboxylic acid groups (broad SMARTS) is 1. The summed E-state index contributed by atoms with van der Waals surface area (Å²) in [5, 5.41) is 10.4. The Hall–Kier alpha value is -3.16. The Morgan fingerprint density at radius 2 is 2.03 bits per heavy atom. The third-order valence-electron chi connectivity index (χ3n) is 4.20. The smallest absolute Gasteiger partial charge is 0.409 e. The molecule has 0 aliphatic heterocycles. The first-order valence-corrected chi connectivity index (χ1v) is 11.3. The van der Waals surface area contributed by atoms with Crippen LogP contribution in [0.1, 0.15) is 5.56 Å². The molecule has 0 spiro atoms. The molecule has 10 nitrogen and oxygen atoms in total. The predicted octanol–water partition coefficient (Wildman–Crippen LogP) is 3.83. The molecule has 0 saturated heterocycles. The summed E-state index contributed by atoms with van der Waals surface area (Å²) in [6.45, 7) is -0.267. The summed E-state index contributed by atoms with van der Waals surface area (Å²) in [6.07, 6.45) is -0.319. The second-order valence-electron chi connectivity index (χ2n) is 6.11. The van der Waals surface area contributed by atoms with Crippen LogP contribution in [-0.4, -0.2) is 43.2 Å². The normalized spacial score (nSPS) is 11.1. The largest absolute Gasteiger partial charge is 0.497 e. The number of methoxy groups -OCH3 is 2. The molecule has 0 aliphatic carbocycles. The molecule has 0 radical (unpaired) electrons. The average Bonchev–Trinajstić information content (AvgIpc) is 3.28. The highest BCUT2D eigenvalue weighted by Crippen LogP contribution is 2.34. The first-order chi connectivity index (χ1) is 15.2. The van der Waals surface area contributed by atoms with Crippen molar-refractivity contribution in [2.75, 3.05) is 23.8 Å². The number of aromatic nitrogens is 2. The van der Waals surface area contributed by atoms with E-state index in [0.717, 1.165) is 28.2 Å². The van der Waals surface area contributed by atoms with E-state index in [1.165, 1.54) is 14.2 Å². The van der Waals surface area contributed by atoms with Crippen LogP contribution in [0.5, 0.6) is 11.5 Å². The number of amides is 1. The molecule has 3 rings (SSSR count). The fraction of sp³-hybridized carbons (Fsp3) is 0.167. The summed E-state index contributed by atoms with van der Waals surface area (Å²) in [5.74, 6) is -0.363. The quantitative estimate of drug-likeness (QED) is 0.475. The third kappa shape index (κ3) is 4.84. The van der Waals surface area contributed by atoms with E-state index in [9.17, 15) is 17.6 Å². The maximum absolute atomic E-state index is 14.8. The molecule has 0 unspecified atom stereocenters. The van der Waals surface area contributed by atoms with E-state index in [1.807, 2.05) is 5.32 Å². The topological polar surface area (TPSA) is 131 Å². The molecule has 1 heterocycles. The Balaban J connectivity index is 2.09. The number of halogens is 2. The fourth-order valence-corrected chi connectivity index (χ4v) is 5.21. The second kappa shape index (κ2) is 9.54. The number of hydrogen-bond acceptors (Lipinski definition) is 8. The fourth-order valence-electron chi connectivity index (χ4n) is 2.73. The first kappa shape index (κ1) is 23.5. The number of benzene rings is 2. The van der Waals surface area contributed by atoms with Crippen LogP contribution in [0.2, 0.25) is 5.02 Å². The standard InChI is InChI=1S/C18H16ClFN4O6S2/c1-29-11-4-3-10(15(5-11)30-2)8-24(17-21-9-22-31-17)32(27,28)16-6-12(19)14(7-13(16)20)23-18(25)26/h3-7,9,23H,8H2,1-2H3,(H,25,26). The molecule has 32 heavy (non-hydrogen) atoms. The van der Waals surface area contributed by atoms with Gasteiger partial charge in [0.25, 0.3) is 10.0 Å². The second-order valence-corrected chi connectivity index (χ2v) is 9.10. The van der Waals surface area contributed by atoms with Crippen molar-refractivity contribution in [2.45, 2.75) is 11.4 Å². The molecule has 1 aromatic heterocycles. The van der Waals surface area contributed by atoms with Crippen LogP contribution in [0.15, 0.2) is 41.6 Å². The van der Waals surface area contributed by atoms with Gasteiger partial charge in [-0.05, 0) is 18.2 Å². The molecule has 14 heteroatoms. The highest BCUT2D eigenvalue weighted by atomic mass is 35.5. The summed E-state index contributed by atoms with van der Waals surface area (Å²) < 4.78 is 56.8. The third-order valence-corrected chi connectivity index (χ3v) is 7.07. The van der Waals surface area contributed by atoms with Crippen molar-refractivity contribution in [2.24, 2.45) is 0 Å². The van der Waals surface area contributed by atoms with Gasteiger partial charge >= 0.3 is 6.09 Å². The lowest BCUT2D eigenvalue weighted by Crippen LogP contribution is -2.31. The molecule has 170 valence electrons. The zero-order valence-electron chi connectivity index (χ0n) is 16.6. The van der Waals surface area contributed by atoms with Gasteiger partial charge in [-0.3, -0.25) is 5.32 Å². The maximum Gasteiger partial charge on any atom is 0.409 e. The molecule has 0 atom stereocenters. The van der Waals surface area contributed by atoms with Crippen LogP contribution < -0.4 is 19.1 Å². The van der Waals surface area contributed by atoms with Crippen molar-refractivity contribution in [3.05, 3.63) is 53.1 Å². The number of sulfonamides is 1. The number of hydrogen-bond donors (Lipinski definition) is 2. The highest BCUT2D eigenvalue weighted by Gasteiger charge is 2.32. The molecule has 0 aliphatic rings. The van der Waals surface area contributed by atoms with Gasteiger partial charge in [-0.25, -0.2) is 26.9 Å². The minimum atomic E-state index is -4.54. The van der Waals surface area contributed by atoms with Crippen molar-refractivity contribution in [3.63, 3.8) is 0 Å². The van der Waals surface area contributed by atoms with Crippen molar-refractivity contribution >= 4 is 50.1 Å². The molecule has 2 aromatic carbocycles. The monoisotopic (exact) mass is 502 g/mol. The summed E-state index contributed by atoms with van der Waals surface area (Å²) in [5.41, 5.74) is 0.151. The zero-order chi connectivity index (χ0) is 23.5. The lowest BCUT2D eigenvalue weighted by atomic mass is 10.2. The Morgan fingerprint density at radius 3 is 2.62 bits per heavy atom. The summed E-state index contributed by atoms with van der Waals surface area (Å²) in [4.78, 5) is 14.0. The molecular formula is C18H16ClFN4O6S2. The SMILES string of the molecule is COc1ccc(CN(c2ncns2)S(=O)(=O)c2cc(Cl)c(NC(=O)O)cc2F)c(OC)c1. The lowest BCUT2D eigenvalue weighted by molar-refractivity contribution is 0.209. The van der Waals surface area contributed by atoms with E-state index >= 15 is 0 Å². The van der Waals surface area contributed by atoms with Gasteiger partial charge in [0.05, 0.1) is 31.5 Å². The van der Waals surface area contributed by atoms with Crippen LogP contribution in [-0.2, 0) is 16.6 Å². The van der Waals surface area contributed by atoms with E-state index < -0.39 is 26.8 Å². The Labute approximate surface area is 191 Å². The molecule has 0 saturated carbocycles. The number of anilines is 2. The molecule has 0 bridgehead atoms. The summed E-state index contributed by atoms with van der Waals surface area (Å²) in [6, 6.07) is 6.31. The molecule has 2 N–H and O–H groups in total. The molecule has 0 fully saturated rings. The summed E-state index contributed by atoms with van der Waals surface area (Å²) in [7, 11) is -1.66. The highest BCUT2D eigenvalue weighted by molar-refractivity contribution is 7.93. The van der Waals surface area contributed by atoms with E-state index in [0.29, 0.717) is 23.1 Å². The van der Waals surface area contributed by atoms with Crippen molar-refractivity contribution < 1.29 is 32.2 Å². The molecular weight excluding hydrogens is 487 g/mol. The number of nitrogens with zero attached hydrogens (tertiary/aromatic N) is 3. The minimum absolute atomic E-state index is 0.0221. The van der Waals surface area contributed by atoms with Gasteiger partial charge in [-0.2, -0.15) is 4.37 Å². The van der Waals surface area contributed by atoms with E-state index in [1.54, 1.807) is 18.2 Å². The van der Waals surface area contributed by atoms with Gasteiger partial charge < -0.3 is 14.6 Å². The van der Waals surface area contributed by atoms with Crippen molar-refractivity contribution in [1.82, 2.24) is 9.36 Å². The Bertz CT molecular complexity index is 1240. The number of rotatable bonds is 8. The molecule has 1 amide bonds. The summed E-state index contributed by atoms with van der Waals surface area (Å²) >= 11 is 6.78. The average molecular weight is 503 g/mol. The van der Waals surface area contributed by atoms with Crippen LogP contribution >= 0.6 is 23.1 Å². The van der Waals surface area contributed by atoms with Crippen molar-refractivity contribution in [1.29, 1.82) is 0 Å². The number of carbonyl (C=O) groups is 1. The van der Waals surface area contributed by atoms with Crippen LogP contribution in [0.25, 0.3) is 0 Å². The zero-order valence-corrected chi connectivity index (χ0v) is 19.0. The van der Waals surface area contributed by atoms with E-state index in [-0.39, 0.29) is 22.4 Å². The van der Waals surface area contributed by atoms with Gasteiger partial charge in [-0.15, -0.1) is 0 Å².